The van der Waals surface area contributed by atoms with Gasteiger partial charge in [0.1, 0.15) is 0 Å². The van der Waals surface area contributed by atoms with E-state index in [0.29, 0.717) is 60.9 Å². The Labute approximate surface area is 199 Å². The summed E-state index contributed by atoms with van der Waals surface area (Å²) < 4.78 is 40.4. The molecule has 11 heteroatoms. The number of anilines is 1. The van der Waals surface area contributed by atoms with E-state index in [-0.39, 0.29) is 12.6 Å². The van der Waals surface area contributed by atoms with Crippen LogP contribution < -0.4 is 4.31 Å². The Balaban J connectivity index is 1.59. The van der Waals surface area contributed by atoms with Crippen LogP contribution in [0.5, 0.6) is 0 Å². The van der Waals surface area contributed by atoms with Crippen molar-refractivity contribution in [1.29, 1.82) is 0 Å². The van der Waals surface area contributed by atoms with E-state index in [1.165, 1.54) is 21.9 Å². The molecule has 2 aliphatic rings. The topological polar surface area (TPSA) is 92.3 Å². The molecule has 0 bridgehead atoms. The summed E-state index contributed by atoms with van der Waals surface area (Å²) in [6, 6.07) is 10.3. The average molecular weight is 495 g/mol. The zero-order valence-electron chi connectivity index (χ0n) is 18.6. The van der Waals surface area contributed by atoms with Gasteiger partial charge in [-0.1, -0.05) is 17.7 Å². The number of aromatic nitrogens is 1. The zero-order valence-corrected chi connectivity index (χ0v) is 20.1. The van der Waals surface area contributed by atoms with Crippen LogP contribution in [0.1, 0.15) is 23.0 Å². The van der Waals surface area contributed by atoms with Crippen molar-refractivity contribution < 1.29 is 22.7 Å². The average Bonchev–Trinajstić information content (AvgIpc) is 2.77. The van der Waals surface area contributed by atoms with E-state index >= 15 is 0 Å². The second-order valence-electron chi connectivity index (χ2n) is 8.16. The molecule has 2 fully saturated rings. The first-order chi connectivity index (χ1) is 15.8. The van der Waals surface area contributed by atoms with Crippen LogP contribution in [0.4, 0.5) is 5.69 Å². The summed E-state index contributed by atoms with van der Waals surface area (Å²) in [4.78, 5) is 18.3. The van der Waals surface area contributed by atoms with E-state index < -0.39 is 16.2 Å². The monoisotopic (exact) mass is 494 g/mol. The Morgan fingerprint density at radius 3 is 2.64 bits per heavy atom. The number of benzene rings is 1. The minimum Gasteiger partial charge on any atom is -0.465 e. The summed E-state index contributed by atoms with van der Waals surface area (Å²) in [6.45, 7) is 4.83. The molecule has 0 radical (unpaired) electrons. The van der Waals surface area contributed by atoms with Gasteiger partial charge in [-0.25, -0.2) is 4.79 Å². The Kier molecular flexibility index (Phi) is 7.20. The van der Waals surface area contributed by atoms with Crippen LogP contribution in [0, 0.1) is 0 Å². The van der Waals surface area contributed by atoms with Crippen LogP contribution in [0.25, 0.3) is 0 Å². The SMILES string of the molecule is COC(=O)c1ccc(CN(c2cccc(Cl)c2)S(=O)(=O)N2CCN(C3COC3)[C@H](C)C2)nc1. The largest absolute Gasteiger partial charge is 0.465 e. The summed E-state index contributed by atoms with van der Waals surface area (Å²) in [5, 5.41) is 0.435. The first-order valence-corrected chi connectivity index (χ1v) is 12.5. The highest BCUT2D eigenvalue weighted by molar-refractivity contribution is 7.90. The number of halogens is 1. The molecule has 9 nitrogen and oxygen atoms in total. The van der Waals surface area contributed by atoms with Crippen molar-refractivity contribution in [2.45, 2.75) is 25.6 Å². The highest BCUT2D eigenvalue weighted by Gasteiger charge is 2.39. The van der Waals surface area contributed by atoms with Crippen molar-refractivity contribution >= 4 is 33.5 Å². The van der Waals surface area contributed by atoms with Gasteiger partial charge in [0, 0.05) is 36.9 Å². The molecule has 0 amide bonds. The lowest BCUT2D eigenvalue weighted by atomic mass is 10.1. The number of esters is 1. The van der Waals surface area contributed by atoms with Crippen molar-refractivity contribution in [2.75, 3.05) is 44.3 Å². The fourth-order valence-electron chi connectivity index (χ4n) is 4.09. The van der Waals surface area contributed by atoms with E-state index in [2.05, 4.69) is 9.88 Å². The third-order valence-electron chi connectivity index (χ3n) is 5.98. The molecule has 0 aliphatic carbocycles. The van der Waals surface area contributed by atoms with Gasteiger partial charge in [0.25, 0.3) is 0 Å². The van der Waals surface area contributed by atoms with Gasteiger partial charge in [-0.3, -0.25) is 14.2 Å². The molecule has 2 saturated heterocycles. The van der Waals surface area contributed by atoms with E-state index in [9.17, 15) is 13.2 Å². The summed E-state index contributed by atoms with van der Waals surface area (Å²) in [5.41, 5.74) is 1.23. The summed E-state index contributed by atoms with van der Waals surface area (Å²) in [6.07, 6.45) is 1.38. The second kappa shape index (κ2) is 9.94. The Bertz CT molecular complexity index is 1090. The quantitative estimate of drug-likeness (QED) is 0.545. The molecule has 0 N–H and O–H groups in total. The molecule has 0 unspecified atom stereocenters. The molecule has 1 aromatic heterocycles. The van der Waals surface area contributed by atoms with Crippen LogP contribution in [0.3, 0.4) is 0 Å². The molecular formula is C22H27ClN4O5S. The van der Waals surface area contributed by atoms with Crippen LogP contribution >= 0.6 is 11.6 Å². The molecule has 4 rings (SSSR count). The number of carbonyl (C=O) groups is 1. The van der Waals surface area contributed by atoms with Gasteiger partial charge in [0.15, 0.2) is 0 Å². The number of methoxy groups -OCH3 is 1. The van der Waals surface area contributed by atoms with Crippen molar-refractivity contribution in [3.05, 3.63) is 58.9 Å². The van der Waals surface area contributed by atoms with E-state index in [1.54, 1.807) is 36.4 Å². The van der Waals surface area contributed by atoms with Crippen molar-refractivity contribution in [2.24, 2.45) is 0 Å². The molecular weight excluding hydrogens is 468 g/mol. The fourth-order valence-corrected chi connectivity index (χ4v) is 5.94. The summed E-state index contributed by atoms with van der Waals surface area (Å²) in [7, 11) is -2.58. The minimum atomic E-state index is -3.88. The second-order valence-corrected chi connectivity index (χ2v) is 10.4. The fraction of sp³-hybridized carbons (Fsp3) is 0.455. The van der Waals surface area contributed by atoms with Gasteiger partial charge in [-0.05, 0) is 37.3 Å². The lowest BCUT2D eigenvalue weighted by Crippen LogP contribution is -2.62. The van der Waals surface area contributed by atoms with Gasteiger partial charge in [-0.15, -0.1) is 0 Å². The van der Waals surface area contributed by atoms with Crippen molar-refractivity contribution in [1.82, 2.24) is 14.2 Å². The first-order valence-electron chi connectivity index (χ1n) is 10.7. The van der Waals surface area contributed by atoms with Gasteiger partial charge in [0.05, 0.1) is 49.9 Å². The number of carbonyl (C=O) groups excluding carboxylic acids is 1. The van der Waals surface area contributed by atoms with E-state index in [1.807, 2.05) is 6.92 Å². The normalized spacial score (nSPS) is 20.3. The van der Waals surface area contributed by atoms with Crippen LogP contribution in [0.2, 0.25) is 5.02 Å². The minimum absolute atomic E-state index is 0.00477. The molecule has 178 valence electrons. The number of pyridine rings is 1. The summed E-state index contributed by atoms with van der Waals surface area (Å²) in [5.74, 6) is -0.503. The number of hydrogen-bond acceptors (Lipinski definition) is 7. The predicted molar refractivity (Wildman–Crippen MR) is 124 cm³/mol. The van der Waals surface area contributed by atoms with Gasteiger partial charge >= 0.3 is 16.2 Å². The number of ether oxygens (including phenoxy) is 2. The molecule has 33 heavy (non-hydrogen) atoms. The number of nitrogens with zero attached hydrogens (tertiary/aromatic N) is 4. The molecule has 0 spiro atoms. The standard InChI is InChI=1S/C22H27ClN4O5S/c1-16-12-25(8-9-26(16)21-14-32-15-21)33(29,30)27(20-5-3-4-18(23)10-20)13-19-7-6-17(11-24-19)22(28)31-2/h3-7,10-11,16,21H,8-9,12-15H2,1-2H3/t16-/m1/s1. The van der Waals surface area contributed by atoms with Crippen LogP contribution in [0.15, 0.2) is 42.6 Å². The van der Waals surface area contributed by atoms with Crippen molar-refractivity contribution in [3.63, 3.8) is 0 Å². The van der Waals surface area contributed by atoms with Crippen molar-refractivity contribution in [3.8, 4) is 0 Å². The van der Waals surface area contributed by atoms with Gasteiger partial charge in [0.2, 0.25) is 0 Å². The maximum absolute atomic E-state index is 13.8. The molecule has 2 aliphatic heterocycles. The maximum Gasteiger partial charge on any atom is 0.339 e. The lowest BCUT2D eigenvalue weighted by molar-refractivity contribution is -0.0873. The number of hydrogen-bond donors (Lipinski definition) is 0. The molecule has 1 aromatic carbocycles. The van der Waals surface area contributed by atoms with E-state index in [4.69, 9.17) is 21.1 Å². The third-order valence-corrected chi connectivity index (χ3v) is 8.10. The lowest BCUT2D eigenvalue weighted by Gasteiger charge is -2.46. The molecule has 1 atom stereocenters. The third kappa shape index (κ3) is 5.15. The Morgan fingerprint density at radius 1 is 1.27 bits per heavy atom. The number of rotatable bonds is 7. The van der Waals surface area contributed by atoms with Crippen LogP contribution in [-0.4, -0.2) is 80.6 Å². The van der Waals surface area contributed by atoms with Gasteiger partial charge in [-0.2, -0.15) is 12.7 Å². The molecule has 2 aromatic rings. The smallest absolute Gasteiger partial charge is 0.339 e. The summed E-state index contributed by atoms with van der Waals surface area (Å²) >= 11 is 6.18. The first kappa shape index (κ1) is 23.9. The molecule has 0 saturated carbocycles. The highest BCUT2D eigenvalue weighted by atomic mass is 35.5. The number of piperazine rings is 1. The predicted octanol–water partition coefficient (Wildman–Crippen LogP) is 2.18. The van der Waals surface area contributed by atoms with E-state index in [0.717, 1.165) is 0 Å². The van der Waals surface area contributed by atoms with Crippen LogP contribution in [-0.2, 0) is 26.2 Å². The highest BCUT2D eigenvalue weighted by Crippen LogP contribution is 2.28. The maximum atomic E-state index is 13.8. The Morgan fingerprint density at radius 2 is 2.06 bits per heavy atom. The molecule has 3 heterocycles. The zero-order chi connectivity index (χ0) is 23.6. The van der Waals surface area contributed by atoms with Gasteiger partial charge < -0.3 is 9.47 Å². The Hall–Kier alpha value is -2.24.